The molecule has 0 aromatic rings. The molecule has 0 radical (unpaired) electrons. The number of ketones is 1. The van der Waals surface area contributed by atoms with Crippen LogP contribution in [0.3, 0.4) is 0 Å². The van der Waals surface area contributed by atoms with Gasteiger partial charge in [-0.05, 0) is 0 Å². The molecule has 0 unspecified atom stereocenters. The summed E-state index contributed by atoms with van der Waals surface area (Å²) in [6, 6.07) is 0. The Balaban J connectivity index is 0. The number of hydrogen-bond donors (Lipinski definition) is 1. The summed E-state index contributed by atoms with van der Waals surface area (Å²) in [5.74, 6) is -3.57. The second-order valence-electron chi connectivity index (χ2n) is 1.68. The summed E-state index contributed by atoms with van der Waals surface area (Å²) in [6.07, 6.45) is -0.621. The number of nitrogens with two attached hydrogens (primary N) is 1. The maximum atomic E-state index is 10.2. The number of aliphatic carboxylic acids is 1. The first kappa shape index (κ1) is 13.7. The Bertz CT molecular complexity index is 179. The SMILES string of the molecule is NC(=O)CCC(=O)C(=O)[O-].[Ba+2]. The van der Waals surface area contributed by atoms with E-state index in [0.29, 0.717) is 0 Å². The van der Waals surface area contributed by atoms with E-state index in [9.17, 15) is 19.5 Å². The van der Waals surface area contributed by atoms with Crippen molar-refractivity contribution in [2.45, 2.75) is 12.8 Å². The molecular weight excluding hydrogens is 275 g/mol. The molecular formula is C5H6BaNO4+. The molecule has 5 nitrogen and oxygen atoms in total. The zero-order chi connectivity index (χ0) is 8.15. The van der Waals surface area contributed by atoms with Crippen molar-refractivity contribution in [2.75, 3.05) is 0 Å². The summed E-state index contributed by atoms with van der Waals surface area (Å²) >= 11 is 0. The van der Waals surface area contributed by atoms with Gasteiger partial charge in [0.1, 0.15) is 5.97 Å². The molecule has 0 spiro atoms. The largest absolute Gasteiger partial charge is 2.00 e. The summed E-state index contributed by atoms with van der Waals surface area (Å²) < 4.78 is 0. The first-order valence-electron chi connectivity index (χ1n) is 2.56. The second kappa shape index (κ2) is 6.86. The van der Waals surface area contributed by atoms with E-state index in [1.54, 1.807) is 0 Å². The molecule has 2 N–H and O–H groups in total. The van der Waals surface area contributed by atoms with Crippen LogP contribution in [0.25, 0.3) is 0 Å². The van der Waals surface area contributed by atoms with Gasteiger partial charge in [0.2, 0.25) is 5.91 Å². The first-order valence-corrected chi connectivity index (χ1v) is 2.56. The Hall–Kier alpha value is 0.181. The van der Waals surface area contributed by atoms with Gasteiger partial charge in [0.05, 0.1) is 0 Å². The minimum atomic E-state index is -1.78. The van der Waals surface area contributed by atoms with Crippen LogP contribution in [-0.2, 0) is 14.4 Å². The van der Waals surface area contributed by atoms with Gasteiger partial charge >= 0.3 is 48.9 Å². The fraction of sp³-hybridized carbons (Fsp3) is 0.400. The van der Waals surface area contributed by atoms with Crippen molar-refractivity contribution >= 4 is 66.5 Å². The third kappa shape index (κ3) is 8.08. The molecule has 0 aromatic heterocycles. The van der Waals surface area contributed by atoms with Crippen molar-refractivity contribution < 1.29 is 19.5 Å². The Kier molecular flexibility index (Phi) is 8.58. The quantitative estimate of drug-likeness (QED) is 0.444. The van der Waals surface area contributed by atoms with Crippen molar-refractivity contribution in [3.8, 4) is 0 Å². The van der Waals surface area contributed by atoms with Crippen molar-refractivity contribution in [3.63, 3.8) is 0 Å². The van der Waals surface area contributed by atoms with Gasteiger partial charge in [-0.15, -0.1) is 0 Å². The van der Waals surface area contributed by atoms with Gasteiger partial charge in [-0.3, -0.25) is 9.59 Å². The summed E-state index contributed by atoms with van der Waals surface area (Å²) in [5.41, 5.74) is 4.64. The van der Waals surface area contributed by atoms with Crippen LogP contribution in [-0.4, -0.2) is 66.5 Å². The van der Waals surface area contributed by atoms with Gasteiger partial charge in [0.25, 0.3) is 0 Å². The molecule has 0 atom stereocenters. The molecule has 0 saturated heterocycles. The van der Waals surface area contributed by atoms with E-state index in [-0.39, 0.29) is 61.7 Å². The van der Waals surface area contributed by atoms with E-state index >= 15 is 0 Å². The molecule has 0 heterocycles. The standard InChI is InChI=1S/C5H7NO4.Ba/c6-4(8)2-1-3(7)5(9)10;/h1-2H2,(H2,6,8)(H,9,10);/q;+2/p-1. The zero-order valence-corrected chi connectivity index (χ0v) is 10.3. The average Bonchev–Trinajstić information content (AvgIpc) is 1.82. The van der Waals surface area contributed by atoms with E-state index in [1.807, 2.05) is 0 Å². The van der Waals surface area contributed by atoms with Crippen LogP contribution in [0.4, 0.5) is 0 Å². The molecule has 0 saturated carbocycles. The number of hydrogen-bond acceptors (Lipinski definition) is 4. The van der Waals surface area contributed by atoms with Gasteiger partial charge < -0.3 is 15.6 Å². The smallest absolute Gasteiger partial charge is 0.542 e. The van der Waals surface area contributed by atoms with Crippen LogP contribution < -0.4 is 10.8 Å². The van der Waals surface area contributed by atoms with E-state index in [2.05, 4.69) is 5.73 Å². The third-order valence-corrected chi connectivity index (χ3v) is 0.826. The third-order valence-electron chi connectivity index (χ3n) is 0.826. The van der Waals surface area contributed by atoms with Crippen molar-refractivity contribution in [3.05, 3.63) is 0 Å². The summed E-state index contributed by atoms with van der Waals surface area (Å²) in [6.45, 7) is 0. The second-order valence-corrected chi connectivity index (χ2v) is 1.68. The van der Waals surface area contributed by atoms with Crippen LogP contribution in [0.15, 0.2) is 0 Å². The Morgan fingerprint density at radius 2 is 1.64 bits per heavy atom. The topological polar surface area (TPSA) is 100 Å². The number of amides is 1. The number of carboxylic acid groups (broad SMARTS) is 1. The van der Waals surface area contributed by atoms with E-state index in [0.717, 1.165) is 0 Å². The number of carbonyl (C=O) groups is 3. The van der Waals surface area contributed by atoms with E-state index < -0.39 is 17.7 Å². The molecule has 0 aromatic carbocycles. The van der Waals surface area contributed by atoms with Gasteiger partial charge in [-0.1, -0.05) is 0 Å². The minimum absolute atomic E-state index is 0. The first-order chi connectivity index (χ1) is 4.54. The number of primary amides is 1. The maximum absolute atomic E-state index is 10.2. The number of carbonyl (C=O) groups excluding carboxylic acids is 3. The normalized spacial score (nSPS) is 8.00. The summed E-state index contributed by atoms with van der Waals surface area (Å²) in [7, 11) is 0. The number of rotatable bonds is 4. The molecule has 1 amide bonds. The average molecular weight is 281 g/mol. The molecule has 0 aliphatic heterocycles. The fourth-order valence-corrected chi connectivity index (χ4v) is 0.339. The molecule has 0 rings (SSSR count). The molecule has 0 bridgehead atoms. The molecule has 0 fully saturated rings. The molecule has 0 aliphatic carbocycles. The minimum Gasteiger partial charge on any atom is -0.542 e. The van der Waals surface area contributed by atoms with Crippen LogP contribution in [0.5, 0.6) is 0 Å². The maximum Gasteiger partial charge on any atom is 2.00 e. The van der Waals surface area contributed by atoms with Gasteiger partial charge in [0.15, 0.2) is 5.78 Å². The summed E-state index contributed by atoms with van der Waals surface area (Å²) in [4.78, 5) is 29.9. The molecule has 0 aliphatic rings. The fourth-order valence-electron chi connectivity index (χ4n) is 0.339. The summed E-state index contributed by atoms with van der Waals surface area (Å²) in [5, 5.41) is 9.70. The predicted octanol–water partition coefficient (Wildman–Crippen LogP) is -2.81. The van der Waals surface area contributed by atoms with E-state index in [4.69, 9.17) is 0 Å². The van der Waals surface area contributed by atoms with Gasteiger partial charge in [-0.2, -0.15) is 0 Å². The zero-order valence-electron chi connectivity index (χ0n) is 5.83. The van der Waals surface area contributed by atoms with Crippen molar-refractivity contribution in [2.24, 2.45) is 5.73 Å². The van der Waals surface area contributed by atoms with Gasteiger partial charge in [0, 0.05) is 12.8 Å². The Morgan fingerprint density at radius 3 is 1.91 bits per heavy atom. The van der Waals surface area contributed by atoms with Crippen molar-refractivity contribution in [1.29, 1.82) is 0 Å². The van der Waals surface area contributed by atoms with Crippen molar-refractivity contribution in [1.82, 2.24) is 0 Å². The number of Topliss-reactive ketones (excluding diaryl/α,β-unsaturated/α-hetero) is 1. The predicted molar refractivity (Wildman–Crippen MR) is 34.2 cm³/mol. The molecule has 6 heteroatoms. The van der Waals surface area contributed by atoms with E-state index in [1.165, 1.54) is 0 Å². The molecule has 11 heavy (non-hydrogen) atoms. The number of carboxylic acids is 1. The Labute approximate surface area is 103 Å². The Morgan fingerprint density at radius 1 is 1.18 bits per heavy atom. The van der Waals surface area contributed by atoms with Crippen LogP contribution in [0.1, 0.15) is 12.8 Å². The van der Waals surface area contributed by atoms with Crippen LogP contribution in [0, 0.1) is 0 Å². The van der Waals surface area contributed by atoms with Crippen LogP contribution >= 0.6 is 0 Å². The van der Waals surface area contributed by atoms with Crippen LogP contribution in [0.2, 0.25) is 0 Å². The monoisotopic (exact) mass is 282 g/mol. The molecule has 56 valence electrons. The van der Waals surface area contributed by atoms with Gasteiger partial charge in [-0.25, -0.2) is 0 Å².